The number of anilines is 1. The Morgan fingerprint density at radius 3 is 2.81 bits per heavy atom. The molecule has 0 saturated carbocycles. The SMILES string of the molecule is Cc1cc(NCc2cc(Cl)c3c(c2)OCCO3)ccc1Br. The first-order chi connectivity index (χ1) is 10.1. The van der Waals surface area contributed by atoms with Gasteiger partial charge in [0, 0.05) is 16.7 Å². The Morgan fingerprint density at radius 2 is 2.00 bits per heavy atom. The first-order valence-corrected chi connectivity index (χ1v) is 7.88. The molecule has 0 bridgehead atoms. The van der Waals surface area contributed by atoms with E-state index in [1.54, 1.807) is 0 Å². The van der Waals surface area contributed by atoms with Crippen molar-refractivity contribution in [3.05, 3.63) is 51.0 Å². The molecule has 21 heavy (non-hydrogen) atoms. The number of hydrogen-bond donors (Lipinski definition) is 1. The smallest absolute Gasteiger partial charge is 0.179 e. The summed E-state index contributed by atoms with van der Waals surface area (Å²) in [4.78, 5) is 0. The van der Waals surface area contributed by atoms with E-state index in [2.05, 4.69) is 34.2 Å². The van der Waals surface area contributed by atoms with Gasteiger partial charge in [-0.1, -0.05) is 27.5 Å². The van der Waals surface area contributed by atoms with Crippen LogP contribution in [0.3, 0.4) is 0 Å². The summed E-state index contributed by atoms with van der Waals surface area (Å²) >= 11 is 9.74. The molecule has 0 aromatic heterocycles. The topological polar surface area (TPSA) is 30.5 Å². The fourth-order valence-corrected chi connectivity index (χ4v) is 2.76. The van der Waals surface area contributed by atoms with Crippen molar-refractivity contribution in [1.29, 1.82) is 0 Å². The van der Waals surface area contributed by atoms with Crippen molar-refractivity contribution < 1.29 is 9.47 Å². The number of benzene rings is 2. The molecule has 2 aromatic carbocycles. The molecule has 0 amide bonds. The van der Waals surface area contributed by atoms with E-state index in [9.17, 15) is 0 Å². The highest BCUT2D eigenvalue weighted by molar-refractivity contribution is 9.10. The third-order valence-electron chi connectivity index (χ3n) is 3.31. The highest BCUT2D eigenvalue weighted by Crippen LogP contribution is 2.38. The van der Waals surface area contributed by atoms with E-state index in [1.165, 1.54) is 5.56 Å². The lowest BCUT2D eigenvalue weighted by Gasteiger charge is -2.20. The molecular formula is C16H15BrClNO2. The second-order valence-corrected chi connectivity index (χ2v) is 6.18. The highest BCUT2D eigenvalue weighted by atomic mass is 79.9. The van der Waals surface area contributed by atoms with Gasteiger partial charge in [0.1, 0.15) is 13.2 Å². The highest BCUT2D eigenvalue weighted by Gasteiger charge is 2.16. The molecule has 1 aliphatic rings. The number of nitrogens with one attached hydrogen (secondary N) is 1. The Kier molecular flexibility index (Phi) is 4.27. The molecule has 0 spiro atoms. The number of halogens is 2. The first kappa shape index (κ1) is 14.5. The Morgan fingerprint density at radius 1 is 1.19 bits per heavy atom. The molecule has 0 fully saturated rings. The zero-order chi connectivity index (χ0) is 14.8. The van der Waals surface area contributed by atoms with Crippen LogP contribution in [0.4, 0.5) is 5.69 Å². The maximum Gasteiger partial charge on any atom is 0.179 e. The Balaban J connectivity index is 1.76. The molecule has 0 aliphatic carbocycles. The number of hydrogen-bond acceptors (Lipinski definition) is 3. The fraction of sp³-hybridized carbons (Fsp3) is 0.250. The second kappa shape index (κ2) is 6.16. The van der Waals surface area contributed by atoms with Crippen LogP contribution in [0.2, 0.25) is 5.02 Å². The quantitative estimate of drug-likeness (QED) is 0.844. The number of rotatable bonds is 3. The molecule has 3 nitrogen and oxygen atoms in total. The molecule has 0 saturated heterocycles. The monoisotopic (exact) mass is 367 g/mol. The van der Waals surface area contributed by atoms with Gasteiger partial charge in [-0.3, -0.25) is 0 Å². The van der Waals surface area contributed by atoms with Crippen LogP contribution in [0.25, 0.3) is 0 Å². The molecule has 1 heterocycles. The summed E-state index contributed by atoms with van der Waals surface area (Å²) in [5.74, 6) is 1.36. The average Bonchev–Trinajstić information content (AvgIpc) is 2.49. The molecular weight excluding hydrogens is 354 g/mol. The van der Waals surface area contributed by atoms with Crippen molar-refractivity contribution in [2.24, 2.45) is 0 Å². The molecule has 2 aromatic rings. The molecule has 5 heteroatoms. The van der Waals surface area contributed by atoms with Gasteiger partial charge in [-0.05, 0) is 48.4 Å². The Bertz CT molecular complexity index is 676. The average molecular weight is 369 g/mol. The van der Waals surface area contributed by atoms with Crippen LogP contribution in [-0.2, 0) is 6.54 Å². The van der Waals surface area contributed by atoms with Crippen molar-refractivity contribution in [3.8, 4) is 11.5 Å². The van der Waals surface area contributed by atoms with E-state index >= 15 is 0 Å². The van der Waals surface area contributed by atoms with Gasteiger partial charge >= 0.3 is 0 Å². The standard InChI is InChI=1S/C16H15BrClNO2/c1-10-6-12(2-3-13(10)17)19-9-11-7-14(18)16-15(8-11)20-4-5-21-16/h2-3,6-8,19H,4-5,9H2,1H3. The number of ether oxygens (including phenoxy) is 2. The predicted molar refractivity (Wildman–Crippen MR) is 88.6 cm³/mol. The van der Waals surface area contributed by atoms with Crippen molar-refractivity contribution in [2.75, 3.05) is 18.5 Å². The summed E-state index contributed by atoms with van der Waals surface area (Å²) in [5, 5.41) is 3.98. The van der Waals surface area contributed by atoms with Gasteiger partial charge in [0.15, 0.2) is 11.5 Å². The largest absolute Gasteiger partial charge is 0.486 e. The van der Waals surface area contributed by atoms with Gasteiger partial charge in [0.05, 0.1) is 5.02 Å². The van der Waals surface area contributed by atoms with Crippen LogP contribution in [0.5, 0.6) is 11.5 Å². The minimum atomic E-state index is 0.544. The van der Waals surface area contributed by atoms with Gasteiger partial charge in [-0.25, -0.2) is 0 Å². The summed E-state index contributed by atoms with van der Waals surface area (Å²) in [6.45, 7) is 3.85. The van der Waals surface area contributed by atoms with Crippen LogP contribution >= 0.6 is 27.5 Å². The van der Waals surface area contributed by atoms with Gasteiger partial charge in [-0.15, -0.1) is 0 Å². The molecule has 0 unspecified atom stereocenters. The molecule has 1 aliphatic heterocycles. The zero-order valence-corrected chi connectivity index (χ0v) is 13.9. The van der Waals surface area contributed by atoms with Crippen molar-refractivity contribution in [3.63, 3.8) is 0 Å². The van der Waals surface area contributed by atoms with E-state index in [0.717, 1.165) is 21.5 Å². The summed E-state index contributed by atoms with van der Waals surface area (Å²) in [6, 6.07) is 10.1. The predicted octanol–water partition coefficient (Wildman–Crippen LogP) is 4.79. The summed E-state index contributed by atoms with van der Waals surface area (Å²) in [5.41, 5.74) is 3.33. The van der Waals surface area contributed by atoms with E-state index in [-0.39, 0.29) is 0 Å². The van der Waals surface area contributed by atoms with Crippen LogP contribution in [0.1, 0.15) is 11.1 Å². The summed E-state index contributed by atoms with van der Waals surface area (Å²) in [7, 11) is 0. The third-order valence-corrected chi connectivity index (χ3v) is 4.48. The lowest BCUT2D eigenvalue weighted by atomic mass is 10.1. The second-order valence-electron chi connectivity index (χ2n) is 4.92. The zero-order valence-electron chi connectivity index (χ0n) is 11.6. The van der Waals surface area contributed by atoms with Crippen LogP contribution < -0.4 is 14.8 Å². The molecule has 3 rings (SSSR count). The minimum absolute atomic E-state index is 0.544. The maximum atomic E-state index is 6.24. The van der Waals surface area contributed by atoms with E-state index in [1.807, 2.05) is 24.3 Å². The number of aryl methyl sites for hydroxylation is 1. The van der Waals surface area contributed by atoms with Gasteiger partial charge in [-0.2, -0.15) is 0 Å². The van der Waals surface area contributed by atoms with E-state index in [4.69, 9.17) is 21.1 Å². The van der Waals surface area contributed by atoms with Crippen molar-refractivity contribution >= 4 is 33.2 Å². The van der Waals surface area contributed by atoms with Crippen LogP contribution in [0.15, 0.2) is 34.8 Å². The van der Waals surface area contributed by atoms with Crippen molar-refractivity contribution in [2.45, 2.75) is 13.5 Å². The summed E-state index contributed by atoms with van der Waals surface area (Å²) < 4.78 is 12.2. The van der Waals surface area contributed by atoms with Gasteiger partial charge < -0.3 is 14.8 Å². The van der Waals surface area contributed by atoms with Gasteiger partial charge in [0.25, 0.3) is 0 Å². The lowest BCUT2D eigenvalue weighted by Crippen LogP contribution is -2.16. The maximum absolute atomic E-state index is 6.24. The van der Waals surface area contributed by atoms with Crippen LogP contribution in [0, 0.1) is 6.92 Å². The van der Waals surface area contributed by atoms with E-state index < -0.39 is 0 Å². The normalized spacial score (nSPS) is 13.1. The van der Waals surface area contributed by atoms with Gasteiger partial charge in [0.2, 0.25) is 0 Å². The van der Waals surface area contributed by atoms with E-state index in [0.29, 0.717) is 30.5 Å². The van der Waals surface area contributed by atoms with Crippen LogP contribution in [-0.4, -0.2) is 13.2 Å². The minimum Gasteiger partial charge on any atom is -0.486 e. The third kappa shape index (κ3) is 3.27. The van der Waals surface area contributed by atoms with Crippen molar-refractivity contribution in [1.82, 2.24) is 0 Å². The summed E-state index contributed by atoms with van der Waals surface area (Å²) in [6.07, 6.45) is 0. The Labute approximate surface area is 137 Å². The molecule has 0 radical (unpaired) electrons. The molecule has 0 atom stereocenters. The Hall–Kier alpha value is -1.39. The molecule has 1 N–H and O–H groups in total. The lowest BCUT2D eigenvalue weighted by molar-refractivity contribution is 0.171. The molecule has 110 valence electrons. The first-order valence-electron chi connectivity index (χ1n) is 6.71. The fourth-order valence-electron chi connectivity index (χ4n) is 2.23. The number of fused-ring (bicyclic) bond motifs is 1.